The average molecular weight is 357 g/mol. The van der Waals surface area contributed by atoms with Crippen molar-refractivity contribution in [1.29, 1.82) is 0 Å². The molecular weight excluding hydrogens is 346 g/mol. The van der Waals surface area contributed by atoms with Crippen LogP contribution in [0.3, 0.4) is 0 Å². The molecule has 0 saturated heterocycles. The molecule has 0 amide bonds. The predicted molar refractivity (Wildman–Crippen MR) is 75.3 cm³/mol. The van der Waals surface area contributed by atoms with Crippen LogP contribution in [0.15, 0.2) is 16.5 Å². The normalized spacial score (nSPS) is 17.2. The first-order valence-electron chi connectivity index (χ1n) is 5.11. The van der Waals surface area contributed by atoms with Gasteiger partial charge in [0.1, 0.15) is 4.21 Å². The number of rotatable bonds is 4. The van der Waals surface area contributed by atoms with Gasteiger partial charge in [-0.25, -0.2) is 8.42 Å². The number of sulfonamides is 1. The van der Waals surface area contributed by atoms with E-state index in [1.54, 1.807) is 18.3 Å². The molecule has 1 aromatic rings. The van der Waals surface area contributed by atoms with Crippen molar-refractivity contribution in [2.24, 2.45) is 0 Å². The van der Waals surface area contributed by atoms with Crippen molar-refractivity contribution in [2.45, 2.75) is 17.1 Å². The lowest BCUT2D eigenvalue weighted by atomic mass is 10.3. The van der Waals surface area contributed by atoms with Crippen LogP contribution in [0.1, 0.15) is 18.4 Å². The summed E-state index contributed by atoms with van der Waals surface area (Å²) < 4.78 is 26.7. The largest absolute Gasteiger partial charge is 0.273 e. The molecule has 7 heteroatoms. The van der Waals surface area contributed by atoms with E-state index in [0.717, 1.165) is 29.5 Å². The second kappa shape index (κ2) is 5.30. The molecular formula is C10H11BrClNO2S2. The number of hydrogen-bond acceptors (Lipinski definition) is 3. The molecule has 0 fully saturated rings. The molecule has 0 unspecified atom stereocenters. The van der Waals surface area contributed by atoms with E-state index >= 15 is 0 Å². The summed E-state index contributed by atoms with van der Waals surface area (Å²) >= 11 is 10.3. The molecule has 0 saturated carbocycles. The molecule has 1 aliphatic rings. The Morgan fingerprint density at radius 2 is 2.18 bits per heavy atom. The van der Waals surface area contributed by atoms with Crippen molar-refractivity contribution in [3.8, 4) is 0 Å². The molecule has 0 N–H and O–H groups in total. The summed E-state index contributed by atoms with van der Waals surface area (Å²) in [4.78, 5) is 0. The van der Waals surface area contributed by atoms with Gasteiger partial charge in [0.15, 0.2) is 0 Å². The average Bonchev–Trinajstić information content (AvgIpc) is 2.64. The lowest BCUT2D eigenvalue weighted by Gasteiger charge is -2.22. The molecule has 0 aliphatic carbocycles. The van der Waals surface area contributed by atoms with Gasteiger partial charge in [0, 0.05) is 23.6 Å². The summed E-state index contributed by atoms with van der Waals surface area (Å²) in [5.74, 6) is 0. The van der Waals surface area contributed by atoms with Crippen molar-refractivity contribution >= 4 is 55.0 Å². The van der Waals surface area contributed by atoms with Gasteiger partial charge in [0.2, 0.25) is 0 Å². The van der Waals surface area contributed by atoms with Crippen molar-refractivity contribution < 1.29 is 8.42 Å². The molecule has 2 heterocycles. The summed E-state index contributed by atoms with van der Waals surface area (Å²) in [5, 5.41) is 0.890. The number of alkyl halides is 1. The number of fused-ring (bicyclic) bond motifs is 1. The van der Waals surface area contributed by atoms with Crippen LogP contribution in [0.25, 0.3) is 6.08 Å². The van der Waals surface area contributed by atoms with Gasteiger partial charge in [-0.3, -0.25) is 4.31 Å². The van der Waals surface area contributed by atoms with E-state index in [-0.39, 0.29) is 0 Å². The Morgan fingerprint density at radius 3 is 2.88 bits per heavy atom. The van der Waals surface area contributed by atoms with E-state index in [0.29, 0.717) is 20.7 Å². The molecule has 3 nitrogen and oxygen atoms in total. The topological polar surface area (TPSA) is 37.4 Å². The van der Waals surface area contributed by atoms with E-state index < -0.39 is 10.0 Å². The molecule has 1 aliphatic heterocycles. The summed E-state index contributed by atoms with van der Waals surface area (Å²) in [6, 6.07) is 1.69. The first kappa shape index (κ1) is 13.4. The first-order valence-corrected chi connectivity index (χ1v) is 8.86. The summed E-state index contributed by atoms with van der Waals surface area (Å²) in [6.45, 7) is 0.513. The fraction of sp³-hybridized carbons (Fsp3) is 0.400. The predicted octanol–water partition coefficient (Wildman–Crippen LogP) is 3.55. The first-order chi connectivity index (χ1) is 8.05. The van der Waals surface area contributed by atoms with Gasteiger partial charge in [-0.15, -0.1) is 11.3 Å². The lowest BCUT2D eigenvalue weighted by molar-refractivity contribution is 0.488. The van der Waals surface area contributed by atoms with Crippen LogP contribution in [-0.2, 0) is 10.0 Å². The van der Waals surface area contributed by atoms with Gasteiger partial charge < -0.3 is 0 Å². The third kappa shape index (κ3) is 2.70. The molecule has 0 aromatic carbocycles. The van der Waals surface area contributed by atoms with Crippen molar-refractivity contribution in [3.63, 3.8) is 0 Å². The smallest absolute Gasteiger partial charge is 0.273 e. The quantitative estimate of drug-likeness (QED) is 0.611. The number of hydrogen-bond donors (Lipinski definition) is 0. The van der Waals surface area contributed by atoms with Crippen LogP contribution in [0.4, 0.5) is 0 Å². The fourth-order valence-corrected chi connectivity index (χ4v) is 5.28. The molecule has 2 rings (SSSR count). The third-order valence-corrected chi connectivity index (χ3v) is 6.56. The highest BCUT2D eigenvalue weighted by molar-refractivity contribution is 9.09. The van der Waals surface area contributed by atoms with Gasteiger partial charge >= 0.3 is 0 Å². The Kier molecular flexibility index (Phi) is 4.18. The number of thiophene rings is 1. The molecule has 0 spiro atoms. The van der Waals surface area contributed by atoms with Crippen LogP contribution < -0.4 is 0 Å². The monoisotopic (exact) mass is 355 g/mol. The Bertz CT molecular complexity index is 539. The van der Waals surface area contributed by atoms with Gasteiger partial charge in [-0.05, 0) is 25.0 Å². The Labute approximate surface area is 118 Å². The van der Waals surface area contributed by atoms with Crippen molar-refractivity contribution in [2.75, 3.05) is 11.9 Å². The molecule has 94 valence electrons. The third-order valence-electron chi connectivity index (χ3n) is 2.42. The molecule has 0 atom stereocenters. The zero-order valence-corrected chi connectivity index (χ0v) is 12.9. The van der Waals surface area contributed by atoms with Crippen LogP contribution in [0.5, 0.6) is 0 Å². The molecule has 17 heavy (non-hydrogen) atoms. The number of halogens is 2. The van der Waals surface area contributed by atoms with E-state index in [1.165, 1.54) is 4.31 Å². The molecule has 1 aromatic heterocycles. The molecule has 0 radical (unpaired) electrons. The zero-order valence-electron chi connectivity index (χ0n) is 8.90. The fourth-order valence-electron chi connectivity index (χ4n) is 1.58. The highest BCUT2D eigenvalue weighted by Gasteiger charge is 2.29. The minimum absolute atomic E-state index is 0.351. The summed E-state index contributed by atoms with van der Waals surface area (Å²) in [7, 11) is -3.38. The van der Waals surface area contributed by atoms with Crippen LogP contribution >= 0.6 is 38.9 Å². The van der Waals surface area contributed by atoms with E-state index in [4.69, 9.17) is 11.6 Å². The standard InChI is InChI=1S/C10H11BrClNO2S2/c11-4-1-2-5-13-6-3-8-7-9(12)16-10(8)17(13,14)15/h3,6-7H,1-2,4-5H2. The van der Waals surface area contributed by atoms with Gasteiger partial charge in [0.25, 0.3) is 10.0 Å². The minimum Gasteiger partial charge on any atom is -0.273 e. The van der Waals surface area contributed by atoms with E-state index in [1.807, 2.05) is 0 Å². The Hall–Kier alpha value is -0.0400. The second-order valence-corrected chi connectivity index (χ2v) is 8.18. The minimum atomic E-state index is -3.38. The van der Waals surface area contributed by atoms with Gasteiger partial charge in [-0.1, -0.05) is 27.5 Å². The van der Waals surface area contributed by atoms with E-state index in [2.05, 4.69) is 15.9 Å². The van der Waals surface area contributed by atoms with Crippen LogP contribution in [-0.4, -0.2) is 24.6 Å². The van der Waals surface area contributed by atoms with Crippen molar-refractivity contribution in [1.82, 2.24) is 4.31 Å². The van der Waals surface area contributed by atoms with Crippen LogP contribution in [0.2, 0.25) is 4.34 Å². The maximum absolute atomic E-state index is 12.2. The second-order valence-electron chi connectivity index (χ2n) is 3.62. The van der Waals surface area contributed by atoms with E-state index in [9.17, 15) is 8.42 Å². The lowest BCUT2D eigenvalue weighted by Crippen LogP contribution is -2.28. The van der Waals surface area contributed by atoms with Gasteiger partial charge in [-0.2, -0.15) is 0 Å². The highest BCUT2D eigenvalue weighted by Crippen LogP contribution is 2.36. The summed E-state index contributed by atoms with van der Waals surface area (Å²) in [5.41, 5.74) is 0.691. The summed E-state index contributed by atoms with van der Waals surface area (Å²) in [6.07, 6.45) is 5.21. The molecule has 0 bridgehead atoms. The van der Waals surface area contributed by atoms with Crippen LogP contribution in [0, 0.1) is 0 Å². The SMILES string of the molecule is O=S1(=O)c2sc(Cl)cc2C=CN1CCCCBr. The number of unbranched alkanes of at least 4 members (excludes halogenated alkanes) is 1. The Morgan fingerprint density at radius 1 is 1.41 bits per heavy atom. The highest BCUT2D eigenvalue weighted by atomic mass is 79.9. The maximum atomic E-state index is 12.2. The zero-order chi connectivity index (χ0) is 12.5. The van der Waals surface area contributed by atoms with Crippen molar-refractivity contribution in [3.05, 3.63) is 22.2 Å². The Balaban J connectivity index is 2.24. The van der Waals surface area contributed by atoms with Gasteiger partial charge in [0.05, 0.1) is 4.34 Å². The number of nitrogens with zero attached hydrogens (tertiary/aromatic N) is 1. The maximum Gasteiger partial charge on any atom is 0.273 e.